The summed E-state index contributed by atoms with van der Waals surface area (Å²) < 4.78 is 23.9. The van der Waals surface area contributed by atoms with E-state index in [1.54, 1.807) is 18.2 Å². The van der Waals surface area contributed by atoms with Crippen molar-refractivity contribution in [2.24, 2.45) is 11.7 Å². The number of rotatable bonds is 6. The summed E-state index contributed by atoms with van der Waals surface area (Å²) >= 11 is 0. The lowest BCUT2D eigenvalue weighted by molar-refractivity contribution is -0.122. The third-order valence-corrected chi connectivity index (χ3v) is 6.33. The van der Waals surface area contributed by atoms with Crippen LogP contribution in [0.15, 0.2) is 59.5 Å². The molecule has 0 spiro atoms. The van der Waals surface area contributed by atoms with Crippen LogP contribution in [0.25, 0.3) is 0 Å². The van der Waals surface area contributed by atoms with Crippen molar-refractivity contribution in [3.8, 4) is 0 Å². The highest BCUT2D eigenvalue weighted by molar-refractivity contribution is 7.90. The Balaban J connectivity index is 1.87. The van der Waals surface area contributed by atoms with Gasteiger partial charge in [0.25, 0.3) is 0 Å². The third kappa shape index (κ3) is 4.96. The van der Waals surface area contributed by atoms with Crippen molar-refractivity contribution < 1.29 is 13.2 Å². The van der Waals surface area contributed by atoms with Gasteiger partial charge in [-0.05, 0) is 42.0 Å². The summed E-state index contributed by atoms with van der Waals surface area (Å²) in [4.78, 5) is 12.9. The van der Waals surface area contributed by atoms with Gasteiger partial charge in [-0.3, -0.25) is 4.79 Å². The minimum Gasteiger partial charge on any atom is -0.345 e. The van der Waals surface area contributed by atoms with E-state index in [1.165, 1.54) is 6.26 Å². The SMILES string of the molecule is CS(=O)(=O)c1cccc(C(NC(=O)C[C@@H]2CCC[C@H]2N)c2ccccc2)c1. The highest BCUT2D eigenvalue weighted by atomic mass is 32.2. The van der Waals surface area contributed by atoms with E-state index in [9.17, 15) is 13.2 Å². The summed E-state index contributed by atoms with van der Waals surface area (Å²) in [7, 11) is -3.32. The fourth-order valence-electron chi connectivity index (χ4n) is 3.71. The zero-order valence-corrected chi connectivity index (χ0v) is 16.3. The maximum atomic E-state index is 12.7. The fraction of sp³-hybridized carbons (Fsp3) is 0.381. The van der Waals surface area contributed by atoms with Gasteiger partial charge in [-0.25, -0.2) is 8.42 Å². The van der Waals surface area contributed by atoms with Crippen LogP contribution < -0.4 is 11.1 Å². The van der Waals surface area contributed by atoms with Crippen LogP contribution in [0.2, 0.25) is 0 Å². The minimum atomic E-state index is -3.32. The first-order valence-electron chi connectivity index (χ1n) is 9.24. The zero-order valence-electron chi connectivity index (χ0n) is 15.5. The molecule has 5 nitrogen and oxygen atoms in total. The molecule has 2 aromatic rings. The average molecular weight is 387 g/mol. The second-order valence-corrected chi connectivity index (χ2v) is 9.33. The summed E-state index contributed by atoms with van der Waals surface area (Å²) in [5.74, 6) is 0.153. The van der Waals surface area contributed by atoms with Crippen molar-refractivity contribution in [1.82, 2.24) is 5.32 Å². The van der Waals surface area contributed by atoms with Crippen LogP contribution in [0.3, 0.4) is 0 Å². The van der Waals surface area contributed by atoms with Gasteiger partial charge in [0, 0.05) is 18.7 Å². The van der Waals surface area contributed by atoms with Crippen LogP contribution >= 0.6 is 0 Å². The summed E-state index contributed by atoms with van der Waals surface area (Å²) in [6.45, 7) is 0. The molecule has 2 aromatic carbocycles. The number of amides is 1. The topological polar surface area (TPSA) is 89.3 Å². The monoisotopic (exact) mass is 386 g/mol. The number of benzene rings is 2. The predicted octanol–water partition coefficient (Wildman–Crippen LogP) is 2.81. The van der Waals surface area contributed by atoms with E-state index in [0.717, 1.165) is 30.4 Å². The Kier molecular flexibility index (Phi) is 5.97. The van der Waals surface area contributed by atoms with Crippen LogP contribution in [0.1, 0.15) is 42.9 Å². The highest BCUT2D eigenvalue weighted by Crippen LogP contribution is 2.28. The molecule has 144 valence electrons. The summed E-state index contributed by atoms with van der Waals surface area (Å²) in [5, 5.41) is 3.09. The second-order valence-electron chi connectivity index (χ2n) is 7.31. The Morgan fingerprint density at radius 1 is 1.11 bits per heavy atom. The van der Waals surface area contributed by atoms with Crippen LogP contribution in [0, 0.1) is 5.92 Å². The first-order chi connectivity index (χ1) is 12.8. The number of nitrogens with one attached hydrogen (secondary N) is 1. The molecule has 27 heavy (non-hydrogen) atoms. The largest absolute Gasteiger partial charge is 0.345 e. The number of nitrogens with two attached hydrogens (primary N) is 1. The average Bonchev–Trinajstić information content (AvgIpc) is 3.04. The Hall–Kier alpha value is -2.18. The van der Waals surface area contributed by atoms with Crippen molar-refractivity contribution in [3.63, 3.8) is 0 Å². The molecule has 1 saturated carbocycles. The molecule has 0 saturated heterocycles. The Labute approximate surface area is 160 Å². The Bertz CT molecular complexity index is 897. The fourth-order valence-corrected chi connectivity index (χ4v) is 4.38. The smallest absolute Gasteiger partial charge is 0.221 e. The molecule has 0 heterocycles. The second kappa shape index (κ2) is 8.23. The van der Waals surface area contributed by atoms with E-state index in [2.05, 4.69) is 5.32 Å². The van der Waals surface area contributed by atoms with Crippen LogP contribution in [-0.4, -0.2) is 26.6 Å². The quantitative estimate of drug-likeness (QED) is 0.799. The maximum absolute atomic E-state index is 12.7. The van der Waals surface area contributed by atoms with Crippen molar-refractivity contribution in [2.45, 2.75) is 42.7 Å². The lowest BCUT2D eigenvalue weighted by Crippen LogP contribution is -2.34. The van der Waals surface area contributed by atoms with Gasteiger partial charge in [0.05, 0.1) is 10.9 Å². The van der Waals surface area contributed by atoms with Crippen molar-refractivity contribution >= 4 is 15.7 Å². The molecule has 0 aliphatic heterocycles. The number of hydrogen-bond donors (Lipinski definition) is 2. The first kappa shape index (κ1) is 19.6. The molecular weight excluding hydrogens is 360 g/mol. The van der Waals surface area contributed by atoms with E-state index in [-0.39, 0.29) is 22.8 Å². The molecule has 0 radical (unpaired) electrons. The Morgan fingerprint density at radius 2 is 1.81 bits per heavy atom. The highest BCUT2D eigenvalue weighted by Gasteiger charge is 2.27. The first-order valence-corrected chi connectivity index (χ1v) is 11.1. The van der Waals surface area contributed by atoms with Gasteiger partial charge in [0.2, 0.25) is 5.91 Å². The van der Waals surface area contributed by atoms with Crippen molar-refractivity contribution in [2.75, 3.05) is 6.26 Å². The van der Waals surface area contributed by atoms with Gasteiger partial charge in [-0.2, -0.15) is 0 Å². The number of sulfone groups is 1. The lowest BCUT2D eigenvalue weighted by atomic mass is 9.96. The van der Waals surface area contributed by atoms with Gasteiger partial charge >= 0.3 is 0 Å². The molecule has 1 aliphatic carbocycles. The van der Waals surface area contributed by atoms with Crippen LogP contribution in [0.5, 0.6) is 0 Å². The van der Waals surface area contributed by atoms with E-state index in [1.807, 2.05) is 36.4 Å². The maximum Gasteiger partial charge on any atom is 0.221 e. The van der Waals surface area contributed by atoms with Crippen molar-refractivity contribution in [1.29, 1.82) is 0 Å². The molecular formula is C21H26N2O3S. The van der Waals surface area contributed by atoms with Crippen molar-refractivity contribution in [3.05, 3.63) is 65.7 Å². The molecule has 0 bridgehead atoms. The summed E-state index contributed by atoms with van der Waals surface area (Å²) in [5.41, 5.74) is 7.75. The van der Waals surface area contributed by atoms with Gasteiger partial charge in [0.15, 0.2) is 9.84 Å². The van der Waals surface area contributed by atoms with Gasteiger partial charge < -0.3 is 11.1 Å². The predicted molar refractivity (Wildman–Crippen MR) is 106 cm³/mol. The van der Waals surface area contributed by atoms with Gasteiger partial charge in [-0.15, -0.1) is 0 Å². The van der Waals surface area contributed by atoms with Gasteiger partial charge in [0.1, 0.15) is 0 Å². The minimum absolute atomic E-state index is 0.0593. The molecule has 1 unspecified atom stereocenters. The third-order valence-electron chi connectivity index (χ3n) is 5.22. The zero-order chi connectivity index (χ0) is 19.4. The number of carbonyl (C=O) groups excluding carboxylic acids is 1. The van der Waals surface area contributed by atoms with Crippen LogP contribution in [-0.2, 0) is 14.6 Å². The van der Waals surface area contributed by atoms with E-state index >= 15 is 0 Å². The molecule has 1 aliphatic rings. The van der Waals surface area contributed by atoms with Crippen LogP contribution in [0.4, 0.5) is 0 Å². The summed E-state index contributed by atoms with van der Waals surface area (Å²) in [6, 6.07) is 16.0. The molecule has 0 aromatic heterocycles. The van der Waals surface area contributed by atoms with E-state index < -0.39 is 15.9 Å². The lowest BCUT2D eigenvalue weighted by Gasteiger charge is -2.22. The summed E-state index contributed by atoms with van der Waals surface area (Å²) in [6.07, 6.45) is 4.60. The Morgan fingerprint density at radius 3 is 2.44 bits per heavy atom. The number of carbonyl (C=O) groups is 1. The molecule has 3 rings (SSSR count). The van der Waals surface area contributed by atoms with E-state index in [0.29, 0.717) is 6.42 Å². The molecule has 1 amide bonds. The molecule has 1 fully saturated rings. The molecule has 3 atom stereocenters. The molecule has 3 N–H and O–H groups in total. The molecule has 6 heteroatoms. The van der Waals surface area contributed by atoms with E-state index in [4.69, 9.17) is 5.73 Å². The van der Waals surface area contributed by atoms with Gasteiger partial charge in [-0.1, -0.05) is 48.9 Å². The number of hydrogen-bond acceptors (Lipinski definition) is 4. The normalized spacial score (nSPS) is 21.0. The standard InChI is InChI=1S/C21H26N2O3S/c1-27(25,26)18-11-5-10-17(13-18)21(15-7-3-2-4-8-15)23-20(24)14-16-9-6-12-19(16)22/h2-5,7-8,10-11,13,16,19,21H,6,9,12,14,22H2,1H3,(H,23,24)/t16-,19+,21?/m0/s1.